The van der Waals surface area contributed by atoms with Crippen molar-refractivity contribution in [1.82, 2.24) is 5.32 Å². The molecule has 22 heavy (non-hydrogen) atoms. The Bertz CT molecular complexity index is 668. The van der Waals surface area contributed by atoms with E-state index in [0.29, 0.717) is 11.3 Å². The van der Waals surface area contributed by atoms with Gasteiger partial charge in [0.05, 0.1) is 6.42 Å². The van der Waals surface area contributed by atoms with Gasteiger partial charge in [-0.15, -0.1) is 0 Å². The summed E-state index contributed by atoms with van der Waals surface area (Å²) in [6.45, 7) is 1.68. The van der Waals surface area contributed by atoms with Crippen LogP contribution in [0.15, 0.2) is 48.5 Å². The van der Waals surface area contributed by atoms with Crippen LogP contribution in [0.25, 0.3) is 0 Å². The maximum atomic E-state index is 12.8. The first-order valence-electron chi connectivity index (χ1n) is 6.81. The zero-order valence-corrected chi connectivity index (χ0v) is 12.1. The molecule has 0 heterocycles. The van der Waals surface area contributed by atoms with Gasteiger partial charge in [-0.3, -0.25) is 4.79 Å². The lowest BCUT2D eigenvalue weighted by Crippen LogP contribution is -2.32. The number of amides is 1. The van der Waals surface area contributed by atoms with Crippen molar-refractivity contribution in [3.8, 4) is 5.75 Å². The molecule has 0 fully saturated rings. The summed E-state index contributed by atoms with van der Waals surface area (Å²) in [6, 6.07) is 12.7. The predicted molar refractivity (Wildman–Crippen MR) is 79.9 cm³/mol. The predicted octanol–water partition coefficient (Wildman–Crippen LogP) is 2.40. The molecular formula is C17H16FNO3. The number of carbonyl (C=O) groups is 2. The molecule has 114 valence electrons. The van der Waals surface area contributed by atoms with Crippen LogP contribution in [-0.4, -0.2) is 18.4 Å². The van der Waals surface area contributed by atoms with E-state index in [4.69, 9.17) is 4.74 Å². The van der Waals surface area contributed by atoms with E-state index in [9.17, 15) is 14.0 Å². The molecule has 2 aromatic rings. The number of aryl methyl sites for hydroxylation is 1. The van der Waals surface area contributed by atoms with Crippen molar-refractivity contribution in [2.75, 3.05) is 6.54 Å². The fourth-order valence-electron chi connectivity index (χ4n) is 1.87. The number of hydrogen-bond acceptors (Lipinski definition) is 3. The molecule has 2 aromatic carbocycles. The van der Waals surface area contributed by atoms with E-state index in [1.807, 2.05) is 13.0 Å². The van der Waals surface area contributed by atoms with Crippen LogP contribution in [0.3, 0.4) is 0 Å². The van der Waals surface area contributed by atoms with E-state index < -0.39 is 5.97 Å². The highest BCUT2D eigenvalue weighted by molar-refractivity contribution is 5.84. The standard InChI is InChI=1S/C17H16FNO3/c1-12-3-2-4-15(9-12)22-17(21)11-19-16(20)10-13-5-7-14(18)8-6-13/h2-9H,10-11H2,1H3,(H,19,20). The third kappa shape index (κ3) is 5.01. The quantitative estimate of drug-likeness (QED) is 0.681. The van der Waals surface area contributed by atoms with Crippen LogP contribution >= 0.6 is 0 Å². The number of halogens is 1. The van der Waals surface area contributed by atoms with Gasteiger partial charge in [0, 0.05) is 0 Å². The first-order valence-corrected chi connectivity index (χ1v) is 6.81. The van der Waals surface area contributed by atoms with Gasteiger partial charge >= 0.3 is 5.97 Å². The average Bonchev–Trinajstić information content (AvgIpc) is 2.48. The van der Waals surface area contributed by atoms with E-state index in [-0.39, 0.29) is 24.7 Å². The summed E-state index contributed by atoms with van der Waals surface area (Å²) in [5, 5.41) is 2.47. The lowest BCUT2D eigenvalue weighted by atomic mass is 10.1. The monoisotopic (exact) mass is 301 g/mol. The van der Waals surface area contributed by atoms with Crippen LogP contribution in [0.5, 0.6) is 5.75 Å². The number of hydrogen-bond donors (Lipinski definition) is 1. The number of esters is 1. The van der Waals surface area contributed by atoms with Crippen LogP contribution < -0.4 is 10.1 Å². The summed E-state index contributed by atoms with van der Waals surface area (Å²) in [7, 11) is 0. The van der Waals surface area contributed by atoms with Gasteiger partial charge in [0.25, 0.3) is 0 Å². The van der Waals surface area contributed by atoms with E-state index in [1.165, 1.54) is 24.3 Å². The van der Waals surface area contributed by atoms with Crippen molar-refractivity contribution in [3.05, 3.63) is 65.5 Å². The lowest BCUT2D eigenvalue weighted by Gasteiger charge is -2.07. The molecule has 0 atom stereocenters. The summed E-state index contributed by atoms with van der Waals surface area (Å²) >= 11 is 0. The van der Waals surface area contributed by atoms with Crippen molar-refractivity contribution in [2.45, 2.75) is 13.3 Å². The van der Waals surface area contributed by atoms with Crippen LogP contribution in [-0.2, 0) is 16.0 Å². The molecule has 1 N–H and O–H groups in total. The largest absolute Gasteiger partial charge is 0.425 e. The molecule has 2 rings (SSSR count). The lowest BCUT2D eigenvalue weighted by molar-refractivity contribution is -0.135. The number of nitrogens with one attached hydrogen (secondary N) is 1. The summed E-state index contributed by atoms with van der Waals surface area (Å²) < 4.78 is 17.9. The molecular weight excluding hydrogens is 285 g/mol. The highest BCUT2D eigenvalue weighted by atomic mass is 19.1. The van der Waals surface area contributed by atoms with Crippen LogP contribution in [0, 0.1) is 12.7 Å². The zero-order chi connectivity index (χ0) is 15.9. The summed E-state index contributed by atoms with van der Waals surface area (Å²) in [5.41, 5.74) is 1.65. The van der Waals surface area contributed by atoms with Crippen LogP contribution in [0.2, 0.25) is 0 Å². The highest BCUT2D eigenvalue weighted by Gasteiger charge is 2.08. The molecule has 5 heteroatoms. The van der Waals surface area contributed by atoms with Crippen molar-refractivity contribution < 1.29 is 18.7 Å². The first kappa shape index (κ1) is 15.7. The molecule has 4 nitrogen and oxygen atoms in total. The second-order valence-corrected chi connectivity index (χ2v) is 4.87. The summed E-state index contributed by atoms with van der Waals surface area (Å²) in [6.07, 6.45) is 0.0814. The third-order valence-corrected chi connectivity index (χ3v) is 2.93. The Hall–Kier alpha value is -2.69. The molecule has 0 saturated carbocycles. The molecule has 0 aliphatic heterocycles. The number of carbonyl (C=O) groups excluding carboxylic acids is 2. The SMILES string of the molecule is Cc1cccc(OC(=O)CNC(=O)Cc2ccc(F)cc2)c1. The van der Waals surface area contributed by atoms with Gasteiger partial charge in [-0.1, -0.05) is 24.3 Å². The van der Waals surface area contributed by atoms with Crippen molar-refractivity contribution in [2.24, 2.45) is 0 Å². The van der Waals surface area contributed by atoms with Gasteiger partial charge in [0.15, 0.2) is 0 Å². The van der Waals surface area contributed by atoms with Crippen molar-refractivity contribution in [3.63, 3.8) is 0 Å². The van der Waals surface area contributed by atoms with E-state index in [0.717, 1.165) is 5.56 Å². The van der Waals surface area contributed by atoms with Gasteiger partial charge in [0.2, 0.25) is 5.91 Å². The minimum Gasteiger partial charge on any atom is -0.425 e. The van der Waals surface area contributed by atoms with Crippen LogP contribution in [0.4, 0.5) is 4.39 Å². The molecule has 0 radical (unpaired) electrons. The Balaban J connectivity index is 1.78. The average molecular weight is 301 g/mol. The minimum atomic E-state index is -0.543. The Morgan fingerprint density at radius 3 is 2.55 bits per heavy atom. The number of benzene rings is 2. The highest BCUT2D eigenvalue weighted by Crippen LogP contribution is 2.12. The molecule has 0 unspecified atom stereocenters. The van der Waals surface area contributed by atoms with Gasteiger partial charge in [-0.2, -0.15) is 0 Å². The fraction of sp³-hybridized carbons (Fsp3) is 0.176. The molecule has 0 saturated heterocycles. The molecule has 0 bridgehead atoms. The molecule has 1 amide bonds. The van der Waals surface area contributed by atoms with Gasteiger partial charge in [0.1, 0.15) is 18.1 Å². The van der Waals surface area contributed by atoms with Crippen LogP contribution in [0.1, 0.15) is 11.1 Å². The maximum absolute atomic E-state index is 12.8. The Kier molecular flexibility index (Phi) is 5.25. The minimum absolute atomic E-state index is 0.0814. The topological polar surface area (TPSA) is 55.4 Å². The smallest absolute Gasteiger partial charge is 0.330 e. The normalized spacial score (nSPS) is 10.1. The summed E-state index contributed by atoms with van der Waals surface area (Å²) in [4.78, 5) is 23.3. The second kappa shape index (κ2) is 7.36. The van der Waals surface area contributed by atoms with Crippen molar-refractivity contribution >= 4 is 11.9 Å². The molecule has 0 aliphatic rings. The molecule has 0 spiro atoms. The van der Waals surface area contributed by atoms with Crippen molar-refractivity contribution in [1.29, 1.82) is 0 Å². The maximum Gasteiger partial charge on any atom is 0.330 e. The number of rotatable bonds is 5. The Morgan fingerprint density at radius 1 is 1.14 bits per heavy atom. The Labute approximate surface area is 127 Å². The Morgan fingerprint density at radius 2 is 1.86 bits per heavy atom. The van der Waals surface area contributed by atoms with Gasteiger partial charge in [-0.05, 0) is 42.3 Å². The molecule has 0 aliphatic carbocycles. The first-order chi connectivity index (χ1) is 10.5. The molecule has 0 aromatic heterocycles. The van der Waals surface area contributed by atoms with Gasteiger partial charge < -0.3 is 10.1 Å². The second-order valence-electron chi connectivity index (χ2n) is 4.87. The van der Waals surface area contributed by atoms with E-state index in [1.54, 1.807) is 18.2 Å². The van der Waals surface area contributed by atoms with E-state index >= 15 is 0 Å². The fourth-order valence-corrected chi connectivity index (χ4v) is 1.87. The summed E-state index contributed by atoms with van der Waals surface area (Å²) in [5.74, 6) is -0.783. The van der Waals surface area contributed by atoms with Gasteiger partial charge in [-0.25, -0.2) is 9.18 Å². The third-order valence-electron chi connectivity index (χ3n) is 2.93. The zero-order valence-electron chi connectivity index (χ0n) is 12.1. The number of ether oxygens (including phenoxy) is 1. The van der Waals surface area contributed by atoms with E-state index in [2.05, 4.69) is 5.32 Å².